The van der Waals surface area contributed by atoms with Crippen molar-refractivity contribution in [3.8, 4) is 5.75 Å². The zero-order valence-electron chi connectivity index (χ0n) is 26.8. The highest BCUT2D eigenvalue weighted by Gasteiger charge is 2.31. The van der Waals surface area contributed by atoms with Crippen LogP contribution in [0.15, 0.2) is 78.0 Å². The van der Waals surface area contributed by atoms with Gasteiger partial charge in [-0.2, -0.15) is 0 Å². The molecule has 0 aliphatic carbocycles. The third kappa shape index (κ3) is 9.05. The third-order valence-corrected chi connectivity index (χ3v) is 9.48. The van der Waals surface area contributed by atoms with Crippen LogP contribution in [0.3, 0.4) is 0 Å². The molecule has 1 aliphatic rings. The lowest BCUT2D eigenvalue weighted by atomic mass is 10.0. The van der Waals surface area contributed by atoms with E-state index < -0.39 is 28.1 Å². The predicted octanol–water partition coefficient (Wildman–Crippen LogP) is 4.45. The molecule has 12 heteroatoms. The molecular weight excluding hydrogens is 608 g/mol. The normalized spacial score (nSPS) is 20.5. The van der Waals surface area contributed by atoms with Crippen LogP contribution < -0.4 is 9.46 Å². The average Bonchev–Trinajstić information content (AvgIpc) is 3.06. The molecule has 2 amide bonds. The molecule has 0 fully saturated rings. The van der Waals surface area contributed by atoms with Crippen molar-refractivity contribution in [1.82, 2.24) is 14.8 Å². The van der Waals surface area contributed by atoms with Gasteiger partial charge < -0.3 is 24.4 Å². The van der Waals surface area contributed by atoms with E-state index in [-0.39, 0.29) is 47.2 Å². The van der Waals surface area contributed by atoms with Gasteiger partial charge in [-0.15, -0.1) is 0 Å². The summed E-state index contributed by atoms with van der Waals surface area (Å²) in [4.78, 5) is 34.7. The summed E-state index contributed by atoms with van der Waals surface area (Å²) in [5.41, 5.74) is 0.892. The number of anilines is 1. The van der Waals surface area contributed by atoms with E-state index in [1.807, 2.05) is 13.8 Å². The number of aliphatic hydroxyl groups excluding tert-OH is 1. The summed E-state index contributed by atoms with van der Waals surface area (Å²) in [6.45, 7) is 6.30. The van der Waals surface area contributed by atoms with Crippen molar-refractivity contribution in [3.05, 3.63) is 84.2 Å². The number of carbonyl (C=O) groups is 2. The van der Waals surface area contributed by atoms with Crippen LogP contribution in [0.1, 0.15) is 60.7 Å². The van der Waals surface area contributed by atoms with Crippen LogP contribution in [-0.4, -0.2) is 91.7 Å². The minimum Gasteiger partial charge on any atom is -0.490 e. The quantitative estimate of drug-likeness (QED) is 0.364. The molecule has 4 atom stereocenters. The van der Waals surface area contributed by atoms with Gasteiger partial charge in [0, 0.05) is 56.3 Å². The van der Waals surface area contributed by atoms with Gasteiger partial charge in [-0.25, -0.2) is 8.42 Å². The van der Waals surface area contributed by atoms with Crippen LogP contribution in [0.4, 0.5) is 5.69 Å². The molecule has 11 nitrogen and oxygen atoms in total. The van der Waals surface area contributed by atoms with Crippen molar-refractivity contribution >= 4 is 27.5 Å². The Kier molecular flexibility index (Phi) is 12.1. The maximum atomic E-state index is 14.3. The molecule has 1 aliphatic heterocycles. The first-order valence-electron chi connectivity index (χ1n) is 15.6. The number of sulfonamides is 1. The van der Waals surface area contributed by atoms with Crippen LogP contribution in [0, 0.1) is 5.92 Å². The summed E-state index contributed by atoms with van der Waals surface area (Å²) in [6.07, 6.45) is 4.81. The lowest BCUT2D eigenvalue weighted by molar-refractivity contribution is -0.0149. The zero-order chi connectivity index (χ0) is 33.3. The van der Waals surface area contributed by atoms with Crippen molar-refractivity contribution in [3.63, 3.8) is 0 Å². The average molecular weight is 653 g/mol. The Morgan fingerprint density at radius 1 is 1.11 bits per heavy atom. The molecule has 4 rings (SSSR count). The molecule has 3 aromatic rings. The van der Waals surface area contributed by atoms with Crippen molar-refractivity contribution in [2.45, 2.75) is 63.2 Å². The Bertz CT molecular complexity index is 1560. The number of hydrogen-bond acceptors (Lipinski definition) is 8. The Morgan fingerprint density at radius 3 is 2.52 bits per heavy atom. The lowest BCUT2D eigenvalue weighted by Crippen LogP contribution is -2.48. The predicted molar refractivity (Wildman–Crippen MR) is 175 cm³/mol. The number of aliphatic hydroxyl groups is 1. The molecule has 248 valence electrons. The van der Waals surface area contributed by atoms with Gasteiger partial charge >= 0.3 is 0 Å². The highest BCUT2D eigenvalue weighted by molar-refractivity contribution is 7.92. The maximum absolute atomic E-state index is 14.3. The largest absolute Gasteiger partial charge is 0.490 e. The van der Waals surface area contributed by atoms with Crippen LogP contribution in [0.2, 0.25) is 0 Å². The second kappa shape index (κ2) is 16.0. The Morgan fingerprint density at radius 2 is 1.83 bits per heavy atom. The molecule has 0 spiro atoms. The Hall–Kier alpha value is -4.00. The second-order valence-corrected chi connectivity index (χ2v) is 13.5. The van der Waals surface area contributed by atoms with Crippen molar-refractivity contribution < 1.29 is 32.6 Å². The summed E-state index contributed by atoms with van der Waals surface area (Å²) in [5, 5.41) is 10.2. The number of benzene rings is 2. The highest BCUT2D eigenvalue weighted by Crippen LogP contribution is 2.29. The standard InChI is InChI=1S/C34H44N4O7S/c1-24-21-38(25(2)23-39)34(41)30-20-28(36-46(42,43)29-11-6-5-7-12-29)13-14-31(30)45-26(3)10-8-9-19-44-32(24)22-37(4)33(40)27-15-17-35-18-16-27/h5-7,11-18,20,24-26,32,36,39H,8-10,19,21-23H2,1-4H3/t24-,25-,26+,32-/m0/s1. The van der Waals surface area contributed by atoms with Crippen molar-refractivity contribution in [2.24, 2.45) is 5.92 Å². The first kappa shape index (κ1) is 34.9. The highest BCUT2D eigenvalue weighted by atomic mass is 32.2. The Labute approximate surface area is 271 Å². The number of likely N-dealkylation sites (N-methyl/N-ethyl adjacent to an activating group) is 1. The topological polar surface area (TPSA) is 138 Å². The molecule has 0 unspecified atom stereocenters. The summed E-state index contributed by atoms with van der Waals surface area (Å²) in [6, 6.07) is 15.4. The third-order valence-electron chi connectivity index (χ3n) is 8.09. The Balaban J connectivity index is 1.66. The number of carbonyl (C=O) groups excluding carboxylic acids is 2. The number of hydrogen-bond donors (Lipinski definition) is 2. The van der Waals surface area contributed by atoms with E-state index in [2.05, 4.69) is 9.71 Å². The van der Waals surface area contributed by atoms with Gasteiger partial charge in [0.25, 0.3) is 21.8 Å². The van der Waals surface area contributed by atoms with E-state index in [1.165, 1.54) is 18.2 Å². The molecule has 2 heterocycles. The van der Waals surface area contributed by atoms with Gasteiger partial charge in [0.2, 0.25) is 0 Å². The molecule has 46 heavy (non-hydrogen) atoms. The van der Waals surface area contributed by atoms with Gasteiger partial charge in [0.1, 0.15) is 5.75 Å². The van der Waals surface area contributed by atoms with Crippen LogP contribution in [0.25, 0.3) is 0 Å². The van der Waals surface area contributed by atoms with Gasteiger partial charge in [-0.1, -0.05) is 25.1 Å². The number of pyridine rings is 1. The van der Waals surface area contributed by atoms with Gasteiger partial charge in [-0.3, -0.25) is 19.3 Å². The number of rotatable bonds is 8. The smallest absolute Gasteiger partial charge is 0.261 e. The fourth-order valence-electron chi connectivity index (χ4n) is 5.33. The van der Waals surface area contributed by atoms with Gasteiger partial charge in [-0.05, 0) is 75.6 Å². The first-order valence-corrected chi connectivity index (χ1v) is 17.1. The summed E-state index contributed by atoms with van der Waals surface area (Å²) >= 11 is 0. The van der Waals surface area contributed by atoms with E-state index in [9.17, 15) is 23.1 Å². The van der Waals surface area contributed by atoms with Crippen LogP contribution >= 0.6 is 0 Å². The fourth-order valence-corrected chi connectivity index (χ4v) is 6.40. The summed E-state index contributed by atoms with van der Waals surface area (Å²) in [7, 11) is -2.20. The van der Waals surface area contributed by atoms with E-state index in [0.717, 1.165) is 12.8 Å². The van der Waals surface area contributed by atoms with E-state index in [1.54, 1.807) is 78.6 Å². The SMILES string of the molecule is C[C@@H]1CCCCO[C@@H](CN(C)C(=O)c2ccncc2)[C@@H](C)CN([C@@H](C)CO)C(=O)c2cc(NS(=O)(=O)c3ccccc3)ccc2O1. The number of nitrogens with zero attached hydrogens (tertiary/aromatic N) is 3. The molecule has 0 saturated carbocycles. The van der Waals surface area contributed by atoms with Gasteiger partial charge in [0.15, 0.2) is 0 Å². The zero-order valence-corrected chi connectivity index (χ0v) is 27.7. The summed E-state index contributed by atoms with van der Waals surface area (Å²) in [5.74, 6) is -0.500. The first-order chi connectivity index (χ1) is 22.0. The number of nitrogens with one attached hydrogen (secondary N) is 1. The van der Waals surface area contributed by atoms with Gasteiger partial charge in [0.05, 0.1) is 35.3 Å². The molecule has 0 saturated heterocycles. The fraction of sp³-hybridized carbons (Fsp3) is 0.441. The summed E-state index contributed by atoms with van der Waals surface area (Å²) < 4.78 is 41.3. The minimum atomic E-state index is -3.91. The molecule has 0 bridgehead atoms. The van der Waals surface area contributed by atoms with E-state index >= 15 is 0 Å². The molecule has 1 aromatic heterocycles. The minimum absolute atomic E-state index is 0.0917. The number of aromatic nitrogens is 1. The molecule has 2 aromatic carbocycles. The lowest BCUT2D eigenvalue weighted by Gasteiger charge is -2.36. The number of fused-ring (bicyclic) bond motifs is 1. The van der Waals surface area contributed by atoms with Crippen LogP contribution in [0.5, 0.6) is 5.75 Å². The number of amides is 2. The van der Waals surface area contributed by atoms with Crippen molar-refractivity contribution in [1.29, 1.82) is 0 Å². The second-order valence-electron chi connectivity index (χ2n) is 11.9. The molecular formula is C34H44N4O7S. The van der Waals surface area contributed by atoms with E-state index in [4.69, 9.17) is 9.47 Å². The maximum Gasteiger partial charge on any atom is 0.261 e. The monoisotopic (exact) mass is 652 g/mol. The number of ether oxygens (including phenoxy) is 2. The molecule has 2 N–H and O–H groups in total. The molecule has 0 radical (unpaired) electrons. The van der Waals surface area contributed by atoms with Crippen molar-refractivity contribution in [2.75, 3.05) is 38.1 Å². The van der Waals surface area contributed by atoms with Crippen LogP contribution in [-0.2, 0) is 14.8 Å². The van der Waals surface area contributed by atoms with E-state index in [0.29, 0.717) is 30.9 Å².